The highest BCUT2D eigenvalue weighted by Crippen LogP contribution is 2.51. The van der Waals surface area contributed by atoms with Crippen LogP contribution in [0.15, 0.2) is 88.1 Å². The highest BCUT2D eigenvalue weighted by Gasteiger charge is 2.35. The SMILES string of the molecule is O=c1oc2ccccc2c2c1C(c1ccc(Cl)c(Cl)c1)c1c(ccc3ccccc13)O2. The molecular weight excluding hydrogens is 431 g/mol. The zero-order chi connectivity index (χ0) is 21.1. The second kappa shape index (κ2) is 6.88. The molecule has 4 aromatic carbocycles. The Balaban J connectivity index is 1.76. The van der Waals surface area contributed by atoms with Gasteiger partial charge in [-0.25, -0.2) is 4.79 Å². The first kappa shape index (κ1) is 18.5. The van der Waals surface area contributed by atoms with Crippen molar-refractivity contribution in [1.82, 2.24) is 0 Å². The molecule has 31 heavy (non-hydrogen) atoms. The lowest BCUT2D eigenvalue weighted by Gasteiger charge is -2.29. The smallest absolute Gasteiger partial charge is 0.344 e. The molecule has 0 fully saturated rings. The van der Waals surface area contributed by atoms with Gasteiger partial charge in [0.25, 0.3) is 0 Å². The standard InChI is InChI=1S/C26H14Cl2O3/c27-18-11-9-15(13-19(18)28)22-23-16-6-2-1-5-14(16)10-12-21(23)30-25-17-7-3-4-8-20(17)31-26(29)24(22)25/h1-13,22H. The lowest BCUT2D eigenvalue weighted by molar-refractivity contribution is 0.441. The Labute approximate surface area is 187 Å². The first-order valence-electron chi connectivity index (χ1n) is 9.82. The largest absolute Gasteiger partial charge is 0.456 e. The summed E-state index contributed by atoms with van der Waals surface area (Å²) in [7, 11) is 0. The maximum absolute atomic E-state index is 13.3. The number of para-hydroxylation sites is 1. The van der Waals surface area contributed by atoms with Gasteiger partial charge in [-0.1, -0.05) is 71.7 Å². The van der Waals surface area contributed by atoms with Crippen LogP contribution in [0.5, 0.6) is 11.5 Å². The van der Waals surface area contributed by atoms with Crippen LogP contribution < -0.4 is 10.4 Å². The Morgan fingerprint density at radius 3 is 2.35 bits per heavy atom. The summed E-state index contributed by atoms with van der Waals surface area (Å²) in [5, 5.41) is 3.71. The molecular formula is C26H14Cl2O3. The van der Waals surface area contributed by atoms with Crippen molar-refractivity contribution in [2.45, 2.75) is 5.92 Å². The summed E-state index contributed by atoms with van der Waals surface area (Å²) >= 11 is 12.6. The number of ether oxygens (including phenoxy) is 1. The van der Waals surface area contributed by atoms with Gasteiger partial charge in [-0.05, 0) is 46.7 Å². The van der Waals surface area contributed by atoms with Gasteiger partial charge >= 0.3 is 5.63 Å². The number of hydrogen-bond donors (Lipinski definition) is 0. The van der Waals surface area contributed by atoms with Gasteiger partial charge in [-0.3, -0.25) is 0 Å². The molecule has 5 heteroatoms. The number of halogens is 2. The van der Waals surface area contributed by atoms with Crippen molar-refractivity contribution in [3.63, 3.8) is 0 Å². The van der Waals surface area contributed by atoms with E-state index in [-0.39, 0.29) is 0 Å². The van der Waals surface area contributed by atoms with Crippen LogP contribution in [0.1, 0.15) is 22.6 Å². The van der Waals surface area contributed by atoms with Gasteiger partial charge in [-0.15, -0.1) is 0 Å². The summed E-state index contributed by atoms with van der Waals surface area (Å²) in [6, 6.07) is 24.9. The fourth-order valence-corrected chi connectivity index (χ4v) is 4.74. The van der Waals surface area contributed by atoms with Crippen molar-refractivity contribution >= 4 is 44.9 Å². The van der Waals surface area contributed by atoms with Crippen LogP contribution in [-0.4, -0.2) is 0 Å². The summed E-state index contributed by atoms with van der Waals surface area (Å²) in [5.74, 6) is 0.809. The Bertz CT molecular complexity index is 1570. The predicted octanol–water partition coefficient (Wildman–Crippen LogP) is 7.54. The molecule has 6 rings (SSSR count). The molecule has 2 heterocycles. The van der Waals surface area contributed by atoms with E-state index in [1.165, 1.54) is 0 Å². The molecule has 0 saturated carbocycles. The van der Waals surface area contributed by atoms with E-state index >= 15 is 0 Å². The van der Waals surface area contributed by atoms with E-state index in [0.717, 1.165) is 27.3 Å². The van der Waals surface area contributed by atoms with Crippen molar-refractivity contribution in [2.75, 3.05) is 0 Å². The molecule has 5 aromatic rings. The topological polar surface area (TPSA) is 39.4 Å². The highest BCUT2D eigenvalue weighted by molar-refractivity contribution is 6.42. The van der Waals surface area contributed by atoms with Crippen molar-refractivity contribution in [3.8, 4) is 11.5 Å². The molecule has 0 saturated heterocycles. The monoisotopic (exact) mass is 444 g/mol. The van der Waals surface area contributed by atoms with Gasteiger partial charge in [0, 0.05) is 11.5 Å². The minimum Gasteiger partial charge on any atom is -0.456 e. The molecule has 0 radical (unpaired) electrons. The Morgan fingerprint density at radius 2 is 1.52 bits per heavy atom. The fraction of sp³-hybridized carbons (Fsp3) is 0.0385. The molecule has 3 nitrogen and oxygen atoms in total. The molecule has 0 bridgehead atoms. The van der Waals surface area contributed by atoms with E-state index in [2.05, 4.69) is 0 Å². The zero-order valence-electron chi connectivity index (χ0n) is 16.1. The normalized spacial score (nSPS) is 14.8. The average molecular weight is 445 g/mol. The first-order valence-corrected chi connectivity index (χ1v) is 10.6. The van der Waals surface area contributed by atoms with E-state index in [4.69, 9.17) is 32.4 Å². The summed E-state index contributed by atoms with van der Waals surface area (Å²) in [4.78, 5) is 13.3. The van der Waals surface area contributed by atoms with Crippen molar-refractivity contribution in [3.05, 3.63) is 116 Å². The van der Waals surface area contributed by atoms with Crippen LogP contribution in [0.25, 0.3) is 21.7 Å². The van der Waals surface area contributed by atoms with Gasteiger partial charge in [0.05, 0.1) is 21.0 Å². The lowest BCUT2D eigenvalue weighted by atomic mass is 9.80. The molecule has 1 aliphatic heterocycles. The maximum Gasteiger partial charge on any atom is 0.344 e. The summed E-state index contributed by atoms with van der Waals surface area (Å²) in [5.41, 5.74) is 2.28. The van der Waals surface area contributed by atoms with Gasteiger partial charge in [-0.2, -0.15) is 0 Å². The molecule has 1 atom stereocenters. The van der Waals surface area contributed by atoms with E-state index < -0.39 is 11.5 Å². The highest BCUT2D eigenvalue weighted by atomic mass is 35.5. The predicted molar refractivity (Wildman–Crippen MR) is 124 cm³/mol. The van der Waals surface area contributed by atoms with Crippen LogP contribution in [0.3, 0.4) is 0 Å². The minimum absolute atomic E-state index is 0.416. The van der Waals surface area contributed by atoms with Crippen LogP contribution in [0, 0.1) is 0 Å². The second-order valence-corrected chi connectivity index (χ2v) is 8.35. The molecule has 0 spiro atoms. The van der Waals surface area contributed by atoms with Gasteiger partial charge in [0.1, 0.15) is 17.1 Å². The van der Waals surface area contributed by atoms with Crippen LogP contribution in [-0.2, 0) is 0 Å². The summed E-state index contributed by atoms with van der Waals surface area (Å²) in [6.07, 6.45) is 0. The fourth-order valence-electron chi connectivity index (χ4n) is 4.44. The molecule has 1 aliphatic rings. The number of benzene rings is 4. The van der Waals surface area contributed by atoms with E-state index in [9.17, 15) is 4.79 Å². The molecule has 150 valence electrons. The first-order chi connectivity index (χ1) is 15.1. The van der Waals surface area contributed by atoms with Crippen LogP contribution in [0.2, 0.25) is 10.0 Å². The zero-order valence-corrected chi connectivity index (χ0v) is 17.6. The third-order valence-electron chi connectivity index (χ3n) is 5.80. The molecule has 0 amide bonds. The van der Waals surface area contributed by atoms with Crippen LogP contribution >= 0.6 is 23.2 Å². The molecule has 1 unspecified atom stereocenters. The summed E-state index contributed by atoms with van der Waals surface area (Å²) in [6.45, 7) is 0. The number of hydrogen-bond acceptors (Lipinski definition) is 3. The van der Waals surface area contributed by atoms with Crippen LogP contribution in [0.4, 0.5) is 0 Å². The third-order valence-corrected chi connectivity index (χ3v) is 6.53. The maximum atomic E-state index is 13.3. The van der Waals surface area contributed by atoms with Gasteiger partial charge in [0.15, 0.2) is 0 Å². The average Bonchev–Trinajstić information content (AvgIpc) is 2.79. The molecule has 1 aromatic heterocycles. The van der Waals surface area contributed by atoms with Crippen molar-refractivity contribution in [1.29, 1.82) is 0 Å². The van der Waals surface area contributed by atoms with Gasteiger partial charge < -0.3 is 9.15 Å². The molecule has 0 aliphatic carbocycles. The third kappa shape index (κ3) is 2.78. The minimum atomic E-state index is -0.427. The van der Waals surface area contributed by atoms with Crippen molar-refractivity contribution < 1.29 is 9.15 Å². The summed E-state index contributed by atoms with van der Waals surface area (Å²) < 4.78 is 12.1. The quantitative estimate of drug-likeness (QED) is 0.246. The molecule has 0 N–H and O–H groups in total. The van der Waals surface area contributed by atoms with E-state index in [1.54, 1.807) is 12.1 Å². The van der Waals surface area contributed by atoms with Crippen molar-refractivity contribution in [2.24, 2.45) is 0 Å². The number of rotatable bonds is 1. The Morgan fingerprint density at radius 1 is 0.742 bits per heavy atom. The Kier molecular flexibility index (Phi) is 4.10. The van der Waals surface area contributed by atoms with E-state index in [0.29, 0.717) is 32.7 Å². The second-order valence-electron chi connectivity index (χ2n) is 7.54. The van der Waals surface area contributed by atoms with Gasteiger partial charge in [0.2, 0.25) is 0 Å². The Hall–Kier alpha value is -3.27. The van der Waals surface area contributed by atoms with E-state index in [1.807, 2.05) is 66.7 Å². The lowest BCUT2D eigenvalue weighted by Crippen LogP contribution is -2.21. The number of fused-ring (bicyclic) bond motifs is 6.